The van der Waals surface area contributed by atoms with Crippen LogP contribution >= 0.6 is 0 Å². The monoisotopic (exact) mass is 405 g/mol. The van der Waals surface area contributed by atoms with Gasteiger partial charge in [-0.05, 0) is 23.1 Å². The number of carbonyl (C=O) groups is 2. The molecule has 2 amide bonds. The molecule has 30 heavy (non-hydrogen) atoms. The number of H-pyrrole nitrogens is 1. The molecule has 2 saturated heterocycles. The fourth-order valence-electron chi connectivity index (χ4n) is 5.17. The van der Waals surface area contributed by atoms with Crippen molar-refractivity contribution < 1.29 is 14.7 Å². The van der Waals surface area contributed by atoms with Crippen molar-refractivity contribution in [2.24, 2.45) is 5.41 Å². The zero-order valence-electron chi connectivity index (χ0n) is 16.8. The summed E-state index contributed by atoms with van der Waals surface area (Å²) in [7, 11) is 0. The summed E-state index contributed by atoms with van der Waals surface area (Å²) in [6.45, 7) is 8.04. The number of fused-ring (bicyclic) bond motifs is 5. The minimum Gasteiger partial charge on any atom is -0.364 e. The lowest BCUT2D eigenvalue weighted by Crippen LogP contribution is -2.66. The summed E-state index contributed by atoms with van der Waals surface area (Å²) in [6, 6.07) is 7.78. The number of imidazole rings is 1. The first kappa shape index (κ1) is 18.6. The molecule has 2 fully saturated rings. The van der Waals surface area contributed by atoms with Crippen LogP contribution in [-0.2, 0) is 15.0 Å². The number of aromatic amines is 1. The van der Waals surface area contributed by atoms with Gasteiger partial charge in [0.2, 0.25) is 5.72 Å². The van der Waals surface area contributed by atoms with E-state index in [1.54, 1.807) is 6.20 Å². The van der Waals surface area contributed by atoms with E-state index in [1.807, 2.05) is 44.2 Å². The van der Waals surface area contributed by atoms with Crippen LogP contribution in [0, 0.1) is 5.41 Å². The third-order valence-corrected chi connectivity index (χ3v) is 6.89. The Bertz CT molecular complexity index is 1110. The fraction of sp³-hybridized carbons (Fsp3) is 0.318. The van der Waals surface area contributed by atoms with Crippen LogP contribution in [0.4, 0.5) is 5.69 Å². The molecular weight excluding hydrogens is 382 g/mol. The molecule has 3 aliphatic rings. The van der Waals surface area contributed by atoms with Gasteiger partial charge in [0.05, 0.1) is 18.2 Å². The molecule has 4 heterocycles. The number of hydrogen-bond acceptors (Lipinski definition) is 5. The Morgan fingerprint density at radius 2 is 2.10 bits per heavy atom. The van der Waals surface area contributed by atoms with Gasteiger partial charge in [0.1, 0.15) is 11.9 Å². The Kier molecular flexibility index (Phi) is 3.62. The summed E-state index contributed by atoms with van der Waals surface area (Å²) in [5, 5.41) is 17.5. The largest absolute Gasteiger partial charge is 0.364 e. The van der Waals surface area contributed by atoms with E-state index in [2.05, 4.69) is 27.2 Å². The van der Waals surface area contributed by atoms with Crippen molar-refractivity contribution in [3.8, 4) is 0 Å². The van der Waals surface area contributed by atoms with Gasteiger partial charge in [-0.3, -0.25) is 14.5 Å². The topological polar surface area (TPSA) is 110 Å². The lowest BCUT2D eigenvalue weighted by Gasteiger charge is -2.43. The van der Waals surface area contributed by atoms with Crippen LogP contribution in [0.2, 0.25) is 0 Å². The lowest BCUT2D eigenvalue weighted by atomic mass is 9.60. The van der Waals surface area contributed by atoms with Crippen molar-refractivity contribution in [3.63, 3.8) is 0 Å². The molecule has 1 aromatic carbocycles. The molecule has 0 radical (unpaired) electrons. The van der Waals surface area contributed by atoms with Crippen LogP contribution < -0.4 is 10.6 Å². The normalized spacial score (nSPS) is 31.1. The molecule has 1 aromatic heterocycles. The van der Waals surface area contributed by atoms with Gasteiger partial charge in [0.25, 0.3) is 11.8 Å². The summed E-state index contributed by atoms with van der Waals surface area (Å²) in [5.74, 6) is -1.08. The molecule has 154 valence electrons. The molecule has 0 unspecified atom stereocenters. The van der Waals surface area contributed by atoms with Crippen molar-refractivity contribution in [3.05, 3.63) is 66.4 Å². The minimum atomic E-state index is -1.98. The zero-order chi connectivity index (χ0) is 21.3. The summed E-state index contributed by atoms with van der Waals surface area (Å²) < 4.78 is 0. The number of hydrogen-bond donors (Lipinski definition) is 4. The zero-order valence-corrected chi connectivity index (χ0v) is 16.8. The highest BCUT2D eigenvalue weighted by atomic mass is 16.3. The van der Waals surface area contributed by atoms with Crippen LogP contribution in [0.1, 0.15) is 31.5 Å². The predicted molar refractivity (Wildman–Crippen MR) is 111 cm³/mol. The van der Waals surface area contributed by atoms with Gasteiger partial charge in [-0.25, -0.2) is 4.98 Å². The number of allylic oxidation sites excluding steroid dienone is 1. The number of piperazine rings is 1. The number of rotatable bonds is 3. The van der Waals surface area contributed by atoms with Crippen molar-refractivity contribution >= 4 is 23.6 Å². The van der Waals surface area contributed by atoms with Crippen LogP contribution in [0.25, 0.3) is 6.08 Å². The van der Waals surface area contributed by atoms with Crippen LogP contribution in [0.5, 0.6) is 0 Å². The first-order valence-electron chi connectivity index (χ1n) is 9.82. The van der Waals surface area contributed by atoms with Crippen molar-refractivity contribution in [1.29, 1.82) is 0 Å². The maximum absolute atomic E-state index is 13.5. The first-order valence-corrected chi connectivity index (χ1v) is 9.82. The van der Waals surface area contributed by atoms with Crippen molar-refractivity contribution in [2.75, 3.05) is 5.32 Å². The standard InChI is InChI=1S/C22H23N5O3/c1-4-20(2,3)21-11-22(30)19(29)26-16(9-13-10-23-12-24-13)17(28)27(22)18(21)25-15-8-6-5-7-14(15)21/h4-10,12,18,25,30H,1,11H2,2-3H3,(H,23,24)(H,26,29)/b16-9+/t18-,21+,22-/m0/s1. The average molecular weight is 405 g/mol. The third kappa shape index (κ3) is 2.11. The summed E-state index contributed by atoms with van der Waals surface area (Å²) >= 11 is 0. The van der Waals surface area contributed by atoms with Gasteiger partial charge in [0, 0.05) is 17.5 Å². The Morgan fingerprint density at radius 1 is 1.33 bits per heavy atom. The van der Waals surface area contributed by atoms with E-state index in [1.165, 1.54) is 17.3 Å². The second kappa shape index (κ2) is 5.82. The molecule has 0 spiro atoms. The Balaban J connectivity index is 1.70. The predicted octanol–water partition coefficient (Wildman–Crippen LogP) is 1.70. The first-order chi connectivity index (χ1) is 14.2. The van der Waals surface area contributed by atoms with Gasteiger partial charge in [0.15, 0.2) is 0 Å². The number of carbonyl (C=O) groups excluding carboxylic acids is 2. The number of aromatic nitrogens is 2. The van der Waals surface area contributed by atoms with Gasteiger partial charge in [-0.15, -0.1) is 6.58 Å². The molecule has 2 aromatic rings. The van der Waals surface area contributed by atoms with Crippen molar-refractivity contribution in [2.45, 2.75) is 37.6 Å². The maximum atomic E-state index is 13.5. The van der Waals surface area contributed by atoms with Gasteiger partial charge < -0.3 is 20.7 Å². The Morgan fingerprint density at radius 3 is 2.80 bits per heavy atom. The number of para-hydroxylation sites is 1. The number of benzene rings is 1. The molecule has 0 aliphatic carbocycles. The average Bonchev–Trinajstić information content (AvgIpc) is 3.39. The van der Waals surface area contributed by atoms with Crippen LogP contribution in [-0.4, -0.2) is 43.7 Å². The number of nitrogens with zero attached hydrogens (tertiary/aromatic N) is 2. The SMILES string of the molecule is C=CC(C)(C)[C@@]12C[C@]3(O)C(=O)N/C(=C/c4cnc[nH]4)C(=O)N3[C@@H]1Nc1ccccc12. The quantitative estimate of drug-likeness (QED) is 0.459. The van der Waals surface area contributed by atoms with E-state index in [9.17, 15) is 14.7 Å². The molecule has 8 nitrogen and oxygen atoms in total. The smallest absolute Gasteiger partial charge is 0.278 e. The number of nitrogens with one attached hydrogen (secondary N) is 3. The third-order valence-electron chi connectivity index (χ3n) is 6.89. The Labute approximate surface area is 173 Å². The van der Waals surface area contributed by atoms with E-state index in [-0.39, 0.29) is 12.1 Å². The van der Waals surface area contributed by atoms with Crippen LogP contribution in [0.15, 0.2) is 55.1 Å². The van der Waals surface area contributed by atoms with E-state index in [4.69, 9.17) is 0 Å². The molecular formula is C22H23N5O3. The summed E-state index contributed by atoms with van der Waals surface area (Å²) in [4.78, 5) is 34.7. The molecule has 0 saturated carbocycles. The van der Waals surface area contributed by atoms with E-state index >= 15 is 0 Å². The van der Waals surface area contributed by atoms with E-state index < -0.39 is 34.5 Å². The number of aliphatic hydroxyl groups is 1. The minimum absolute atomic E-state index is 0.0581. The highest BCUT2D eigenvalue weighted by molar-refractivity contribution is 6.09. The second-order valence-electron chi connectivity index (χ2n) is 8.68. The Hall–Kier alpha value is -3.39. The van der Waals surface area contributed by atoms with Crippen molar-refractivity contribution in [1.82, 2.24) is 20.2 Å². The van der Waals surface area contributed by atoms with Crippen LogP contribution in [0.3, 0.4) is 0 Å². The molecule has 0 bridgehead atoms. The highest BCUT2D eigenvalue weighted by Crippen LogP contribution is 2.62. The van der Waals surface area contributed by atoms with E-state index in [0.717, 1.165) is 11.3 Å². The highest BCUT2D eigenvalue weighted by Gasteiger charge is 2.72. The van der Waals surface area contributed by atoms with E-state index in [0.29, 0.717) is 5.69 Å². The molecule has 3 atom stereocenters. The molecule has 3 aliphatic heterocycles. The number of amides is 2. The lowest BCUT2D eigenvalue weighted by molar-refractivity contribution is -0.173. The number of anilines is 1. The second-order valence-corrected chi connectivity index (χ2v) is 8.68. The maximum Gasteiger partial charge on any atom is 0.278 e. The fourth-order valence-corrected chi connectivity index (χ4v) is 5.17. The van der Waals surface area contributed by atoms with Gasteiger partial charge in [-0.2, -0.15) is 0 Å². The van der Waals surface area contributed by atoms with Gasteiger partial charge >= 0.3 is 0 Å². The molecule has 4 N–H and O–H groups in total. The summed E-state index contributed by atoms with van der Waals surface area (Å²) in [5.41, 5.74) is -0.745. The molecule has 8 heteroatoms. The van der Waals surface area contributed by atoms with Gasteiger partial charge in [-0.1, -0.05) is 38.1 Å². The summed E-state index contributed by atoms with van der Waals surface area (Å²) in [6.07, 6.45) is 5.83. The molecule has 5 rings (SSSR count).